The van der Waals surface area contributed by atoms with Crippen molar-refractivity contribution in [2.24, 2.45) is 5.92 Å². The average Bonchev–Trinajstić information content (AvgIpc) is 2.41. The lowest BCUT2D eigenvalue weighted by Crippen LogP contribution is -2.24. The maximum Gasteiger partial charge on any atom is 0.309 e. The molecule has 0 bridgehead atoms. The Morgan fingerprint density at radius 2 is 1.65 bits per heavy atom. The van der Waals surface area contributed by atoms with Gasteiger partial charge in [0.15, 0.2) is 0 Å². The van der Waals surface area contributed by atoms with Gasteiger partial charge in [-0.2, -0.15) is 0 Å². The molecule has 0 radical (unpaired) electrons. The van der Waals surface area contributed by atoms with E-state index in [4.69, 9.17) is 9.47 Å². The normalized spacial score (nSPS) is 11.8. The number of esters is 2. The number of benzene rings is 1. The second-order valence-electron chi connectivity index (χ2n) is 4.65. The van der Waals surface area contributed by atoms with Crippen LogP contribution in [0.4, 0.5) is 0 Å². The lowest BCUT2D eigenvalue weighted by Gasteiger charge is -2.15. The second kappa shape index (κ2) is 8.35. The molecule has 0 aromatic heterocycles. The van der Waals surface area contributed by atoms with E-state index in [0.29, 0.717) is 19.6 Å². The number of hydrogen-bond donors (Lipinski definition) is 0. The molecule has 1 aromatic carbocycles. The molecule has 0 saturated heterocycles. The van der Waals surface area contributed by atoms with E-state index in [1.54, 1.807) is 13.8 Å². The number of aryl methyl sites for hydroxylation is 1. The average molecular weight is 278 g/mol. The monoisotopic (exact) mass is 278 g/mol. The summed E-state index contributed by atoms with van der Waals surface area (Å²) in [6.07, 6.45) is 0.540. The first kappa shape index (κ1) is 16.2. The van der Waals surface area contributed by atoms with Crippen LogP contribution >= 0.6 is 0 Å². The summed E-state index contributed by atoms with van der Waals surface area (Å²) in [5.41, 5.74) is 2.17. The summed E-state index contributed by atoms with van der Waals surface area (Å²) in [6.45, 7) is 6.14. The third kappa shape index (κ3) is 5.43. The van der Waals surface area contributed by atoms with Gasteiger partial charge in [0, 0.05) is 0 Å². The summed E-state index contributed by atoms with van der Waals surface area (Å²) < 4.78 is 9.94. The molecule has 0 N–H and O–H groups in total. The SMILES string of the molecule is CCOC(=O)CC(Cc1ccc(C)cc1)C(=O)OCC. The van der Waals surface area contributed by atoms with Gasteiger partial charge in [-0.05, 0) is 32.8 Å². The largest absolute Gasteiger partial charge is 0.466 e. The van der Waals surface area contributed by atoms with Gasteiger partial charge in [0.1, 0.15) is 0 Å². The third-order valence-corrected chi connectivity index (χ3v) is 2.94. The Hall–Kier alpha value is -1.84. The van der Waals surface area contributed by atoms with Crippen molar-refractivity contribution < 1.29 is 19.1 Å². The van der Waals surface area contributed by atoms with Gasteiger partial charge in [0.25, 0.3) is 0 Å². The highest BCUT2D eigenvalue weighted by atomic mass is 16.5. The molecule has 110 valence electrons. The van der Waals surface area contributed by atoms with Crippen LogP contribution in [0.15, 0.2) is 24.3 Å². The minimum Gasteiger partial charge on any atom is -0.466 e. The van der Waals surface area contributed by atoms with Gasteiger partial charge in [-0.3, -0.25) is 9.59 Å². The summed E-state index contributed by atoms with van der Waals surface area (Å²) in [7, 11) is 0. The number of rotatable bonds is 7. The number of carbonyl (C=O) groups is 2. The van der Waals surface area contributed by atoms with Crippen LogP contribution in [-0.2, 0) is 25.5 Å². The van der Waals surface area contributed by atoms with Gasteiger partial charge in [-0.1, -0.05) is 29.8 Å². The maximum atomic E-state index is 11.9. The van der Waals surface area contributed by atoms with E-state index in [2.05, 4.69) is 0 Å². The quantitative estimate of drug-likeness (QED) is 0.720. The zero-order valence-corrected chi connectivity index (χ0v) is 12.3. The molecule has 4 heteroatoms. The van der Waals surface area contributed by atoms with Gasteiger partial charge in [0.2, 0.25) is 0 Å². The Bertz CT molecular complexity index is 436. The van der Waals surface area contributed by atoms with Crippen molar-refractivity contribution in [2.45, 2.75) is 33.6 Å². The van der Waals surface area contributed by atoms with Crippen LogP contribution in [0, 0.1) is 12.8 Å². The molecule has 1 atom stereocenters. The summed E-state index contributed by atoms with van der Waals surface area (Å²) in [5, 5.41) is 0. The molecule has 1 unspecified atom stereocenters. The van der Waals surface area contributed by atoms with Crippen LogP contribution in [0.25, 0.3) is 0 Å². The first-order valence-corrected chi connectivity index (χ1v) is 6.94. The second-order valence-corrected chi connectivity index (χ2v) is 4.65. The van der Waals surface area contributed by atoms with Crippen molar-refractivity contribution in [2.75, 3.05) is 13.2 Å². The number of hydrogen-bond acceptors (Lipinski definition) is 4. The van der Waals surface area contributed by atoms with Crippen molar-refractivity contribution in [3.63, 3.8) is 0 Å². The molecule has 0 aliphatic heterocycles. The fraction of sp³-hybridized carbons (Fsp3) is 0.500. The van der Waals surface area contributed by atoms with Crippen molar-refractivity contribution in [1.29, 1.82) is 0 Å². The van der Waals surface area contributed by atoms with Gasteiger partial charge >= 0.3 is 11.9 Å². The molecule has 0 amide bonds. The highest BCUT2D eigenvalue weighted by molar-refractivity contribution is 5.80. The van der Waals surface area contributed by atoms with Crippen LogP contribution in [0.5, 0.6) is 0 Å². The summed E-state index contributed by atoms with van der Waals surface area (Å²) in [4.78, 5) is 23.5. The minimum atomic E-state index is -0.489. The summed E-state index contributed by atoms with van der Waals surface area (Å²) in [6, 6.07) is 7.91. The Labute approximate surface area is 120 Å². The maximum absolute atomic E-state index is 11.9. The molecule has 0 aliphatic carbocycles. The predicted molar refractivity (Wildman–Crippen MR) is 76.3 cm³/mol. The third-order valence-electron chi connectivity index (χ3n) is 2.94. The number of carbonyl (C=O) groups excluding carboxylic acids is 2. The molecule has 0 fully saturated rings. The smallest absolute Gasteiger partial charge is 0.309 e. The van der Waals surface area contributed by atoms with Crippen LogP contribution in [0.3, 0.4) is 0 Å². The van der Waals surface area contributed by atoms with Crippen LogP contribution in [0.2, 0.25) is 0 Å². The van der Waals surface area contributed by atoms with Gasteiger partial charge in [-0.25, -0.2) is 0 Å². The van der Waals surface area contributed by atoms with E-state index in [0.717, 1.165) is 11.1 Å². The topological polar surface area (TPSA) is 52.6 Å². The lowest BCUT2D eigenvalue weighted by molar-refractivity contribution is -0.154. The standard InChI is InChI=1S/C16H22O4/c1-4-19-15(17)11-14(16(18)20-5-2)10-13-8-6-12(3)7-9-13/h6-9,14H,4-5,10-11H2,1-3H3. The van der Waals surface area contributed by atoms with Crippen molar-refractivity contribution in [3.8, 4) is 0 Å². The molecular formula is C16H22O4. The van der Waals surface area contributed by atoms with Crippen molar-refractivity contribution in [1.82, 2.24) is 0 Å². The highest BCUT2D eigenvalue weighted by Crippen LogP contribution is 2.16. The fourth-order valence-corrected chi connectivity index (χ4v) is 1.93. The Balaban J connectivity index is 2.73. The highest BCUT2D eigenvalue weighted by Gasteiger charge is 2.24. The number of ether oxygens (including phenoxy) is 2. The fourth-order valence-electron chi connectivity index (χ4n) is 1.93. The molecule has 0 heterocycles. The minimum absolute atomic E-state index is 0.0561. The molecule has 4 nitrogen and oxygen atoms in total. The Morgan fingerprint density at radius 3 is 2.20 bits per heavy atom. The molecule has 0 aliphatic rings. The summed E-state index contributed by atoms with van der Waals surface area (Å²) in [5.74, 6) is -1.20. The Kier molecular flexibility index (Phi) is 6.77. The molecule has 1 aromatic rings. The molecule has 0 saturated carbocycles. The van der Waals surface area contributed by atoms with E-state index in [9.17, 15) is 9.59 Å². The lowest BCUT2D eigenvalue weighted by atomic mass is 9.96. The van der Waals surface area contributed by atoms with Crippen LogP contribution in [-0.4, -0.2) is 25.2 Å². The van der Waals surface area contributed by atoms with E-state index < -0.39 is 5.92 Å². The zero-order chi connectivity index (χ0) is 15.0. The van der Waals surface area contributed by atoms with E-state index in [1.807, 2.05) is 31.2 Å². The molecular weight excluding hydrogens is 256 g/mol. The summed E-state index contributed by atoms with van der Waals surface area (Å²) >= 11 is 0. The molecule has 1 rings (SSSR count). The van der Waals surface area contributed by atoms with Crippen molar-refractivity contribution >= 4 is 11.9 Å². The van der Waals surface area contributed by atoms with Gasteiger partial charge in [0.05, 0.1) is 25.6 Å². The van der Waals surface area contributed by atoms with Crippen molar-refractivity contribution in [3.05, 3.63) is 35.4 Å². The first-order valence-electron chi connectivity index (χ1n) is 6.94. The predicted octanol–water partition coefficient (Wildman–Crippen LogP) is 2.67. The Morgan fingerprint density at radius 1 is 1.05 bits per heavy atom. The zero-order valence-electron chi connectivity index (χ0n) is 12.3. The first-order chi connectivity index (χ1) is 9.56. The van der Waals surface area contributed by atoms with Gasteiger partial charge in [-0.15, -0.1) is 0 Å². The van der Waals surface area contributed by atoms with Crippen LogP contribution in [0.1, 0.15) is 31.4 Å². The van der Waals surface area contributed by atoms with E-state index in [1.165, 1.54) is 0 Å². The van der Waals surface area contributed by atoms with E-state index in [-0.39, 0.29) is 18.4 Å². The van der Waals surface area contributed by atoms with E-state index >= 15 is 0 Å². The molecule has 20 heavy (non-hydrogen) atoms. The van der Waals surface area contributed by atoms with Crippen LogP contribution < -0.4 is 0 Å². The van der Waals surface area contributed by atoms with Gasteiger partial charge < -0.3 is 9.47 Å². The molecule has 0 spiro atoms.